The van der Waals surface area contributed by atoms with Crippen LogP contribution < -0.4 is 9.47 Å². The van der Waals surface area contributed by atoms with Crippen LogP contribution in [0.1, 0.15) is 22.8 Å². The molecule has 0 radical (unpaired) electrons. The number of amidine groups is 2. The average molecular weight is 499 g/mol. The minimum Gasteiger partial charge on any atom is -0.493 e. The fourth-order valence-corrected chi connectivity index (χ4v) is 5.15. The number of carbonyl (C=O) groups excluding carboxylic acids is 2. The fraction of sp³-hybridized carbons (Fsp3) is 0.136. The Labute approximate surface area is 199 Å². The van der Waals surface area contributed by atoms with Crippen LogP contribution in [0.25, 0.3) is 6.08 Å². The zero-order valence-electron chi connectivity index (χ0n) is 18.0. The van der Waals surface area contributed by atoms with Crippen LogP contribution in [-0.4, -0.2) is 53.5 Å². The van der Waals surface area contributed by atoms with Gasteiger partial charge in [0.1, 0.15) is 0 Å². The summed E-state index contributed by atoms with van der Waals surface area (Å²) in [5.74, 6) is -1.30. The molecule has 174 valence electrons. The smallest absolute Gasteiger partial charge is 0.343 e. The fourth-order valence-electron chi connectivity index (χ4n) is 2.98. The Kier molecular flexibility index (Phi) is 6.35. The SMILES string of the molecule is CCS(=O)(=O)C1=NN2C(=N)/C(=C/c3ccc(OC(=O)c4ccccc4)c(OC)c3)C(=O)N=C2S1. The van der Waals surface area contributed by atoms with Gasteiger partial charge in [-0.3, -0.25) is 10.2 Å². The highest BCUT2D eigenvalue weighted by Crippen LogP contribution is 2.32. The molecule has 34 heavy (non-hydrogen) atoms. The van der Waals surface area contributed by atoms with Gasteiger partial charge in [0.05, 0.1) is 24.0 Å². The number of hydrogen-bond acceptors (Lipinski definition) is 9. The summed E-state index contributed by atoms with van der Waals surface area (Å²) < 4.78 is 34.8. The predicted octanol–water partition coefficient (Wildman–Crippen LogP) is 2.93. The second-order valence-corrected chi connectivity index (χ2v) is 10.4. The Hall–Kier alpha value is -3.77. The van der Waals surface area contributed by atoms with E-state index in [9.17, 15) is 18.0 Å². The number of rotatable bonds is 5. The number of amides is 1. The van der Waals surface area contributed by atoms with Gasteiger partial charge >= 0.3 is 5.97 Å². The zero-order chi connectivity index (χ0) is 24.5. The summed E-state index contributed by atoms with van der Waals surface area (Å²) in [6, 6.07) is 13.1. The van der Waals surface area contributed by atoms with Crippen molar-refractivity contribution < 1.29 is 27.5 Å². The maximum atomic E-state index is 12.6. The largest absolute Gasteiger partial charge is 0.493 e. The lowest BCUT2D eigenvalue weighted by Crippen LogP contribution is -2.35. The number of fused-ring (bicyclic) bond motifs is 1. The summed E-state index contributed by atoms with van der Waals surface area (Å²) in [6.07, 6.45) is 1.41. The van der Waals surface area contributed by atoms with Gasteiger partial charge in [0.15, 0.2) is 17.3 Å². The summed E-state index contributed by atoms with van der Waals surface area (Å²) >= 11 is 0.734. The number of methoxy groups -OCH3 is 1. The minimum absolute atomic E-state index is 0.0138. The van der Waals surface area contributed by atoms with Gasteiger partial charge in [0.25, 0.3) is 5.91 Å². The topological polar surface area (TPSA) is 139 Å². The lowest BCUT2D eigenvalue weighted by molar-refractivity contribution is -0.114. The molecule has 10 nitrogen and oxygen atoms in total. The molecule has 12 heteroatoms. The monoisotopic (exact) mass is 498 g/mol. The van der Waals surface area contributed by atoms with Crippen LogP contribution in [0.4, 0.5) is 0 Å². The number of hydrazone groups is 1. The molecule has 0 aliphatic carbocycles. The Morgan fingerprint density at radius 1 is 1.18 bits per heavy atom. The van der Waals surface area contributed by atoms with Gasteiger partial charge in [-0.25, -0.2) is 13.2 Å². The number of ether oxygens (including phenoxy) is 2. The first-order valence-corrected chi connectivity index (χ1v) is 12.4. The maximum Gasteiger partial charge on any atom is 0.343 e. The quantitative estimate of drug-likeness (QED) is 0.377. The van der Waals surface area contributed by atoms with E-state index in [0.29, 0.717) is 11.1 Å². The first kappa shape index (κ1) is 23.4. The van der Waals surface area contributed by atoms with Crippen molar-refractivity contribution in [2.75, 3.05) is 12.9 Å². The number of sulfone groups is 1. The van der Waals surface area contributed by atoms with E-state index in [1.807, 2.05) is 0 Å². The summed E-state index contributed by atoms with van der Waals surface area (Å²) in [5.41, 5.74) is 0.763. The molecular weight excluding hydrogens is 480 g/mol. The summed E-state index contributed by atoms with van der Waals surface area (Å²) in [6.45, 7) is 1.48. The molecule has 2 aromatic carbocycles. The van der Waals surface area contributed by atoms with Crippen molar-refractivity contribution >= 4 is 54.9 Å². The van der Waals surface area contributed by atoms with E-state index in [4.69, 9.17) is 14.9 Å². The van der Waals surface area contributed by atoms with Gasteiger partial charge < -0.3 is 9.47 Å². The Bertz CT molecular complexity index is 1400. The minimum atomic E-state index is -3.61. The van der Waals surface area contributed by atoms with Crippen LogP contribution in [-0.2, 0) is 14.6 Å². The Balaban J connectivity index is 1.61. The average Bonchev–Trinajstić information content (AvgIpc) is 3.28. The molecule has 0 aromatic heterocycles. The van der Waals surface area contributed by atoms with E-state index in [1.165, 1.54) is 32.2 Å². The van der Waals surface area contributed by atoms with Crippen molar-refractivity contribution in [3.63, 3.8) is 0 Å². The molecule has 0 saturated carbocycles. The van der Waals surface area contributed by atoms with Crippen molar-refractivity contribution in [1.82, 2.24) is 5.01 Å². The van der Waals surface area contributed by atoms with Gasteiger partial charge in [-0.2, -0.15) is 10.0 Å². The molecule has 1 amide bonds. The van der Waals surface area contributed by atoms with Crippen molar-refractivity contribution in [3.05, 3.63) is 65.2 Å². The molecule has 2 heterocycles. The number of benzene rings is 2. The van der Waals surface area contributed by atoms with E-state index >= 15 is 0 Å². The third kappa shape index (κ3) is 4.50. The standard InChI is InChI=1S/C22H18N4O6S2/c1-3-34(29,30)22-25-26-18(23)15(19(27)24-21(26)33-22)11-13-9-10-16(17(12-13)31-2)32-20(28)14-7-5-4-6-8-14/h4-12,23H,3H2,1-2H3/b15-11-,23-18?. The van der Waals surface area contributed by atoms with Crippen LogP contribution in [0.15, 0.2) is 64.2 Å². The van der Waals surface area contributed by atoms with Crippen molar-refractivity contribution in [2.45, 2.75) is 6.92 Å². The normalized spacial score (nSPS) is 16.8. The Morgan fingerprint density at radius 2 is 1.91 bits per heavy atom. The van der Waals surface area contributed by atoms with E-state index in [2.05, 4.69) is 10.1 Å². The molecule has 0 unspecified atom stereocenters. The third-order valence-corrected chi connectivity index (χ3v) is 7.88. The second-order valence-electron chi connectivity index (χ2n) is 6.96. The molecule has 2 aliphatic heterocycles. The van der Waals surface area contributed by atoms with Crippen LogP contribution >= 0.6 is 11.8 Å². The number of thioether (sulfide) groups is 1. The third-order valence-electron chi connectivity index (χ3n) is 4.79. The van der Waals surface area contributed by atoms with E-state index in [1.54, 1.807) is 36.4 Å². The first-order chi connectivity index (χ1) is 16.2. The summed E-state index contributed by atoms with van der Waals surface area (Å²) in [4.78, 5) is 28.8. The number of hydrogen-bond donors (Lipinski definition) is 1. The number of aliphatic imine (C=N–C) groups is 1. The predicted molar refractivity (Wildman–Crippen MR) is 129 cm³/mol. The molecule has 2 aromatic rings. The summed E-state index contributed by atoms with van der Waals surface area (Å²) in [7, 11) is -2.21. The van der Waals surface area contributed by atoms with Gasteiger partial charge in [-0.15, -0.1) is 5.10 Å². The maximum absolute atomic E-state index is 12.6. The first-order valence-electron chi connectivity index (χ1n) is 9.91. The van der Waals surface area contributed by atoms with Gasteiger partial charge in [0, 0.05) is 0 Å². The molecule has 4 rings (SSSR count). The molecular formula is C22H18N4O6S2. The van der Waals surface area contributed by atoms with Crippen molar-refractivity contribution in [3.8, 4) is 11.5 Å². The second kappa shape index (κ2) is 9.23. The van der Waals surface area contributed by atoms with Crippen molar-refractivity contribution in [1.29, 1.82) is 5.41 Å². The molecule has 0 saturated heterocycles. The van der Waals surface area contributed by atoms with E-state index in [0.717, 1.165) is 16.8 Å². The molecule has 0 bridgehead atoms. The van der Waals surface area contributed by atoms with Gasteiger partial charge in [-0.05, 0) is 47.7 Å². The lowest BCUT2D eigenvalue weighted by Gasteiger charge is -2.20. The van der Waals surface area contributed by atoms with Crippen LogP contribution in [0.3, 0.4) is 0 Å². The molecule has 1 N–H and O–H groups in total. The number of nitrogens with one attached hydrogen (secondary N) is 1. The number of carbonyl (C=O) groups is 2. The Morgan fingerprint density at radius 3 is 2.59 bits per heavy atom. The van der Waals surface area contributed by atoms with Crippen molar-refractivity contribution in [2.24, 2.45) is 10.1 Å². The van der Waals surface area contributed by atoms with Crippen LogP contribution in [0, 0.1) is 5.41 Å². The molecule has 0 spiro atoms. The molecule has 0 fully saturated rings. The molecule has 2 aliphatic rings. The van der Waals surface area contributed by atoms with E-state index < -0.39 is 21.7 Å². The van der Waals surface area contributed by atoms with E-state index in [-0.39, 0.29) is 38.2 Å². The number of nitrogens with zero attached hydrogens (tertiary/aromatic N) is 3. The number of esters is 1. The van der Waals surface area contributed by atoms with Gasteiger partial charge in [0.2, 0.25) is 19.4 Å². The van der Waals surface area contributed by atoms with Gasteiger partial charge in [-0.1, -0.05) is 31.2 Å². The highest BCUT2D eigenvalue weighted by Gasteiger charge is 2.39. The zero-order valence-corrected chi connectivity index (χ0v) is 19.6. The lowest BCUT2D eigenvalue weighted by atomic mass is 10.1. The summed E-state index contributed by atoms with van der Waals surface area (Å²) in [5, 5.41) is 13.4. The van der Waals surface area contributed by atoms with Crippen LogP contribution in [0.2, 0.25) is 0 Å². The molecule has 0 atom stereocenters. The highest BCUT2D eigenvalue weighted by molar-refractivity contribution is 8.42. The van der Waals surface area contributed by atoms with Crippen LogP contribution in [0.5, 0.6) is 11.5 Å². The highest BCUT2D eigenvalue weighted by atomic mass is 32.3.